The van der Waals surface area contributed by atoms with Gasteiger partial charge in [0.15, 0.2) is 5.82 Å². The van der Waals surface area contributed by atoms with Crippen molar-refractivity contribution in [2.45, 2.75) is 65.8 Å². The van der Waals surface area contributed by atoms with Crippen LogP contribution >= 0.6 is 0 Å². The van der Waals surface area contributed by atoms with E-state index in [9.17, 15) is 0 Å². The van der Waals surface area contributed by atoms with Gasteiger partial charge in [-0.2, -0.15) is 10.1 Å². The molecule has 23 heavy (non-hydrogen) atoms. The van der Waals surface area contributed by atoms with Crippen LogP contribution in [-0.2, 0) is 17.8 Å². The first-order chi connectivity index (χ1) is 11.1. The standard InChI is InChI=1S/C16H25N5O2/c1-5-21-11(3)14(10(2)19-21)9-17-8-13-6-7-15(22-13)16-18-12(4)20-23-16/h13,15,17H,5-9H2,1-4H3/t13-,15+/m1/s1. The Labute approximate surface area is 136 Å². The molecule has 2 atom stereocenters. The number of ether oxygens (including phenoxy) is 1. The van der Waals surface area contributed by atoms with Gasteiger partial charge < -0.3 is 14.6 Å². The highest BCUT2D eigenvalue weighted by molar-refractivity contribution is 5.24. The number of aromatic nitrogens is 4. The molecule has 3 heterocycles. The molecule has 0 amide bonds. The second-order valence-corrected chi connectivity index (χ2v) is 6.10. The van der Waals surface area contributed by atoms with Gasteiger partial charge in [0.05, 0.1) is 11.8 Å². The van der Waals surface area contributed by atoms with Gasteiger partial charge in [0, 0.05) is 30.9 Å². The lowest BCUT2D eigenvalue weighted by atomic mass is 10.1. The zero-order valence-corrected chi connectivity index (χ0v) is 14.3. The number of aryl methyl sites for hydroxylation is 3. The molecule has 1 saturated heterocycles. The molecule has 3 rings (SSSR count). The van der Waals surface area contributed by atoms with Crippen molar-refractivity contribution in [3.05, 3.63) is 28.7 Å². The van der Waals surface area contributed by atoms with E-state index in [1.807, 2.05) is 11.6 Å². The van der Waals surface area contributed by atoms with Gasteiger partial charge in [-0.25, -0.2) is 0 Å². The fraction of sp³-hybridized carbons (Fsp3) is 0.688. The van der Waals surface area contributed by atoms with Crippen molar-refractivity contribution in [1.29, 1.82) is 0 Å². The molecule has 7 nitrogen and oxygen atoms in total. The molecule has 0 unspecified atom stereocenters. The molecule has 1 N–H and O–H groups in total. The topological polar surface area (TPSA) is 78.0 Å². The summed E-state index contributed by atoms with van der Waals surface area (Å²) in [6.07, 6.45) is 2.06. The van der Waals surface area contributed by atoms with E-state index in [1.54, 1.807) is 0 Å². The summed E-state index contributed by atoms with van der Waals surface area (Å²) in [5.41, 5.74) is 3.63. The first-order valence-corrected chi connectivity index (χ1v) is 8.27. The molecule has 0 bridgehead atoms. The van der Waals surface area contributed by atoms with Gasteiger partial charge in [0.2, 0.25) is 0 Å². The van der Waals surface area contributed by atoms with Gasteiger partial charge in [0.1, 0.15) is 6.10 Å². The number of nitrogens with one attached hydrogen (secondary N) is 1. The maximum absolute atomic E-state index is 6.01. The van der Waals surface area contributed by atoms with Crippen molar-refractivity contribution < 1.29 is 9.26 Å². The summed E-state index contributed by atoms with van der Waals surface area (Å²) in [5, 5.41) is 11.9. The molecular weight excluding hydrogens is 294 g/mol. The molecule has 0 spiro atoms. The van der Waals surface area contributed by atoms with Crippen molar-refractivity contribution in [2.24, 2.45) is 0 Å². The van der Waals surface area contributed by atoms with E-state index >= 15 is 0 Å². The molecule has 1 aliphatic heterocycles. The monoisotopic (exact) mass is 319 g/mol. The highest BCUT2D eigenvalue weighted by atomic mass is 16.5. The highest BCUT2D eigenvalue weighted by Gasteiger charge is 2.30. The van der Waals surface area contributed by atoms with E-state index in [1.165, 1.54) is 11.3 Å². The summed E-state index contributed by atoms with van der Waals surface area (Å²) >= 11 is 0. The van der Waals surface area contributed by atoms with Crippen molar-refractivity contribution >= 4 is 0 Å². The summed E-state index contributed by atoms with van der Waals surface area (Å²) in [5.74, 6) is 1.25. The number of nitrogens with zero attached hydrogens (tertiary/aromatic N) is 4. The molecular formula is C16H25N5O2. The minimum atomic E-state index is -0.0608. The molecule has 7 heteroatoms. The molecule has 2 aromatic rings. The Morgan fingerprint density at radius 1 is 1.26 bits per heavy atom. The largest absolute Gasteiger partial charge is 0.364 e. The van der Waals surface area contributed by atoms with E-state index < -0.39 is 0 Å². The summed E-state index contributed by atoms with van der Waals surface area (Å²) in [6.45, 7) is 10.7. The summed E-state index contributed by atoms with van der Waals surface area (Å²) in [6, 6.07) is 0. The number of rotatable bonds is 6. The van der Waals surface area contributed by atoms with Gasteiger partial charge in [-0.05, 0) is 40.5 Å². The number of hydrogen-bond donors (Lipinski definition) is 1. The quantitative estimate of drug-likeness (QED) is 0.879. The smallest absolute Gasteiger partial charge is 0.255 e. The molecule has 1 aliphatic rings. The van der Waals surface area contributed by atoms with Gasteiger partial charge in [-0.15, -0.1) is 0 Å². The van der Waals surface area contributed by atoms with E-state index in [0.29, 0.717) is 11.7 Å². The van der Waals surface area contributed by atoms with E-state index in [0.717, 1.165) is 38.2 Å². The molecule has 1 fully saturated rings. The molecule has 126 valence electrons. The lowest BCUT2D eigenvalue weighted by Gasteiger charge is -2.12. The van der Waals surface area contributed by atoms with Crippen LogP contribution in [0.1, 0.15) is 54.5 Å². The SMILES string of the molecule is CCn1nc(C)c(CNC[C@H]2CC[C@@H](c3nc(C)no3)O2)c1C. The molecule has 2 aromatic heterocycles. The average molecular weight is 319 g/mol. The normalized spacial score (nSPS) is 21.2. The average Bonchev–Trinajstić information content (AvgIpc) is 3.22. The Morgan fingerprint density at radius 3 is 2.74 bits per heavy atom. The molecule has 0 radical (unpaired) electrons. The van der Waals surface area contributed by atoms with E-state index in [4.69, 9.17) is 9.26 Å². The second-order valence-electron chi connectivity index (χ2n) is 6.10. The summed E-state index contributed by atoms with van der Waals surface area (Å²) < 4.78 is 13.3. The minimum Gasteiger partial charge on any atom is -0.364 e. The van der Waals surface area contributed by atoms with Crippen molar-refractivity contribution in [2.75, 3.05) is 6.54 Å². The van der Waals surface area contributed by atoms with Gasteiger partial charge in [-0.3, -0.25) is 4.68 Å². The third-order valence-electron chi connectivity index (χ3n) is 4.43. The predicted octanol–water partition coefficient (Wildman–Crippen LogP) is 2.22. The van der Waals surface area contributed by atoms with Crippen LogP contribution in [0.15, 0.2) is 4.52 Å². The maximum atomic E-state index is 6.01. The Morgan fingerprint density at radius 2 is 2.09 bits per heavy atom. The number of hydrogen-bond acceptors (Lipinski definition) is 6. The molecule has 0 aromatic carbocycles. The zero-order valence-electron chi connectivity index (χ0n) is 14.3. The lowest BCUT2D eigenvalue weighted by molar-refractivity contribution is 0.0264. The van der Waals surface area contributed by atoms with Crippen LogP contribution in [0.4, 0.5) is 0 Å². The lowest BCUT2D eigenvalue weighted by Crippen LogP contribution is -2.26. The third kappa shape index (κ3) is 3.45. The van der Waals surface area contributed by atoms with Gasteiger partial charge >= 0.3 is 0 Å². The minimum absolute atomic E-state index is 0.0608. The third-order valence-corrected chi connectivity index (χ3v) is 4.43. The van der Waals surface area contributed by atoms with Crippen molar-refractivity contribution in [1.82, 2.24) is 25.2 Å². The van der Waals surface area contributed by atoms with Crippen LogP contribution < -0.4 is 5.32 Å². The fourth-order valence-electron chi connectivity index (χ4n) is 3.14. The van der Waals surface area contributed by atoms with Crippen molar-refractivity contribution in [3.8, 4) is 0 Å². The zero-order chi connectivity index (χ0) is 16.4. The van der Waals surface area contributed by atoms with E-state index in [-0.39, 0.29) is 12.2 Å². The van der Waals surface area contributed by atoms with E-state index in [2.05, 4.69) is 41.3 Å². The van der Waals surface area contributed by atoms with Crippen LogP contribution in [0.25, 0.3) is 0 Å². The van der Waals surface area contributed by atoms with Crippen LogP contribution in [0, 0.1) is 20.8 Å². The summed E-state index contributed by atoms with van der Waals surface area (Å²) in [4.78, 5) is 4.26. The molecule has 0 saturated carbocycles. The Hall–Kier alpha value is -1.73. The first-order valence-electron chi connectivity index (χ1n) is 8.27. The predicted molar refractivity (Wildman–Crippen MR) is 85.0 cm³/mol. The van der Waals surface area contributed by atoms with Gasteiger partial charge in [0.25, 0.3) is 5.89 Å². The molecule has 0 aliphatic carbocycles. The second kappa shape index (κ2) is 6.80. The summed E-state index contributed by atoms with van der Waals surface area (Å²) in [7, 11) is 0. The Kier molecular flexibility index (Phi) is 4.77. The highest BCUT2D eigenvalue weighted by Crippen LogP contribution is 2.31. The first kappa shape index (κ1) is 16.1. The van der Waals surface area contributed by atoms with Crippen LogP contribution in [-0.4, -0.2) is 32.6 Å². The Balaban J connectivity index is 1.49. The van der Waals surface area contributed by atoms with Crippen molar-refractivity contribution in [3.63, 3.8) is 0 Å². The van der Waals surface area contributed by atoms with Crippen LogP contribution in [0.3, 0.4) is 0 Å². The fourth-order valence-corrected chi connectivity index (χ4v) is 3.14. The Bertz CT molecular complexity index is 663. The van der Waals surface area contributed by atoms with Gasteiger partial charge in [-0.1, -0.05) is 5.16 Å². The van der Waals surface area contributed by atoms with Crippen LogP contribution in [0.5, 0.6) is 0 Å². The maximum Gasteiger partial charge on any atom is 0.255 e. The van der Waals surface area contributed by atoms with Crippen LogP contribution in [0.2, 0.25) is 0 Å².